The summed E-state index contributed by atoms with van der Waals surface area (Å²) in [5, 5.41) is -0.0488. The van der Waals surface area contributed by atoms with Crippen LogP contribution in [-0.4, -0.2) is 9.55 Å². The summed E-state index contributed by atoms with van der Waals surface area (Å²) in [7, 11) is 0. The quantitative estimate of drug-likeness (QED) is 0.507. The highest BCUT2D eigenvalue weighted by Crippen LogP contribution is 2.38. The van der Waals surface area contributed by atoms with Crippen molar-refractivity contribution in [3.05, 3.63) is 29.6 Å². The van der Waals surface area contributed by atoms with Crippen LogP contribution in [0.4, 0.5) is 0 Å². The highest BCUT2D eigenvalue weighted by Gasteiger charge is 2.27. The molecule has 1 fully saturated rings. The summed E-state index contributed by atoms with van der Waals surface area (Å²) in [5.41, 5.74) is 3.69. The number of fused-ring (bicyclic) bond motifs is 1. The van der Waals surface area contributed by atoms with E-state index < -0.39 is 0 Å². The molecule has 3 unspecified atom stereocenters. The molecule has 0 N–H and O–H groups in total. The molecule has 2 nitrogen and oxygen atoms in total. The van der Waals surface area contributed by atoms with Crippen molar-refractivity contribution in [3.8, 4) is 0 Å². The summed E-state index contributed by atoms with van der Waals surface area (Å²) in [6.07, 6.45) is 6.59. The maximum atomic E-state index is 6.46. The molecule has 1 saturated carbocycles. The molecule has 3 rings (SSSR count). The standard InChI is InChI=1S/C18H25ClN2/c1-12-8-5-4-6-11-16(12)21-17-13(2)9-7-10-15(17)20-18(21)14(3)19/h7,9-10,12,14,16H,4-6,8,11H2,1-3H3. The Hall–Kier alpha value is -1.02. The Labute approximate surface area is 132 Å². The van der Waals surface area contributed by atoms with Gasteiger partial charge in [-0.2, -0.15) is 0 Å². The molecule has 3 atom stereocenters. The van der Waals surface area contributed by atoms with Crippen molar-refractivity contribution < 1.29 is 0 Å². The van der Waals surface area contributed by atoms with Gasteiger partial charge >= 0.3 is 0 Å². The summed E-state index contributed by atoms with van der Waals surface area (Å²) in [4.78, 5) is 4.84. The summed E-state index contributed by atoms with van der Waals surface area (Å²) < 4.78 is 2.47. The Balaban J connectivity index is 2.20. The van der Waals surface area contributed by atoms with E-state index in [2.05, 4.69) is 36.6 Å². The largest absolute Gasteiger partial charge is 0.323 e. The molecule has 114 valence electrons. The van der Waals surface area contributed by atoms with E-state index in [-0.39, 0.29) is 5.38 Å². The fourth-order valence-corrected chi connectivity index (χ4v) is 3.97. The van der Waals surface area contributed by atoms with Gasteiger partial charge in [-0.1, -0.05) is 38.3 Å². The van der Waals surface area contributed by atoms with E-state index in [1.165, 1.54) is 43.2 Å². The van der Waals surface area contributed by atoms with Crippen molar-refractivity contribution in [1.29, 1.82) is 0 Å². The van der Waals surface area contributed by atoms with Crippen molar-refractivity contribution in [2.75, 3.05) is 0 Å². The number of para-hydroxylation sites is 1. The average Bonchev–Trinajstić information content (AvgIpc) is 2.71. The van der Waals surface area contributed by atoms with Crippen molar-refractivity contribution >= 4 is 22.6 Å². The molecular weight excluding hydrogens is 280 g/mol. The molecule has 0 bridgehead atoms. The first-order chi connectivity index (χ1) is 10.1. The zero-order valence-electron chi connectivity index (χ0n) is 13.3. The molecule has 0 radical (unpaired) electrons. The molecule has 0 amide bonds. The highest BCUT2D eigenvalue weighted by molar-refractivity contribution is 6.20. The second kappa shape index (κ2) is 6.00. The van der Waals surface area contributed by atoms with Crippen LogP contribution in [0.2, 0.25) is 0 Å². The predicted molar refractivity (Wildman–Crippen MR) is 90.0 cm³/mol. The summed E-state index contributed by atoms with van der Waals surface area (Å²) in [6, 6.07) is 6.93. The number of alkyl halides is 1. The smallest absolute Gasteiger partial charge is 0.127 e. The molecule has 2 aromatic rings. The fourth-order valence-electron chi connectivity index (χ4n) is 3.81. The lowest BCUT2D eigenvalue weighted by Crippen LogP contribution is -2.19. The molecule has 1 aromatic heterocycles. The van der Waals surface area contributed by atoms with Crippen LogP contribution in [0.15, 0.2) is 18.2 Å². The second-order valence-corrected chi connectivity index (χ2v) is 7.24. The minimum absolute atomic E-state index is 0.0488. The lowest BCUT2D eigenvalue weighted by molar-refractivity contribution is 0.332. The lowest BCUT2D eigenvalue weighted by atomic mass is 9.96. The maximum Gasteiger partial charge on any atom is 0.127 e. The van der Waals surface area contributed by atoms with Crippen molar-refractivity contribution in [3.63, 3.8) is 0 Å². The number of aromatic nitrogens is 2. The fraction of sp³-hybridized carbons (Fsp3) is 0.611. The third-order valence-electron chi connectivity index (χ3n) is 4.94. The van der Waals surface area contributed by atoms with Crippen LogP contribution in [0, 0.1) is 12.8 Å². The molecule has 21 heavy (non-hydrogen) atoms. The predicted octanol–water partition coefficient (Wildman–Crippen LogP) is 5.79. The first-order valence-corrected chi connectivity index (χ1v) is 8.64. The van der Waals surface area contributed by atoms with Gasteiger partial charge in [0.1, 0.15) is 5.82 Å². The van der Waals surface area contributed by atoms with Gasteiger partial charge in [0.05, 0.1) is 16.4 Å². The minimum Gasteiger partial charge on any atom is -0.323 e. The molecular formula is C18H25ClN2. The van der Waals surface area contributed by atoms with Gasteiger partial charge in [0.25, 0.3) is 0 Å². The Kier molecular flexibility index (Phi) is 4.26. The number of rotatable bonds is 2. The van der Waals surface area contributed by atoms with Gasteiger partial charge in [-0.3, -0.25) is 0 Å². The summed E-state index contributed by atoms with van der Waals surface area (Å²) in [6.45, 7) is 6.61. The number of halogens is 1. The number of benzene rings is 1. The van der Waals surface area contributed by atoms with Crippen LogP contribution in [0.5, 0.6) is 0 Å². The Bertz CT molecular complexity index is 629. The first kappa shape index (κ1) is 14.9. The van der Waals surface area contributed by atoms with E-state index in [1.807, 2.05) is 6.92 Å². The van der Waals surface area contributed by atoms with Gasteiger partial charge in [0, 0.05) is 6.04 Å². The van der Waals surface area contributed by atoms with Crippen LogP contribution >= 0.6 is 11.6 Å². The molecule has 3 heteroatoms. The van der Waals surface area contributed by atoms with E-state index in [9.17, 15) is 0 Å². The van der Waals surface area contributed by atoms with Gasteiger partial charge in [-0.25, -0.2) is 4.98 Å². The number of hydrogen-bond donors (Lipinski definition) is 0. The summed E-state index contributed by atoms with van der Waals surface area (Å²) >= 11 is 6.46. The van der Waals surface area contributed by atoms with Gasteiger partial charge in [-0.15, -0.1) is 11.6 Å². The Morgan fingerprint density at radius 1 is 1.24 bits per heavy atom. The van der Waals surface area contributed by atoms with Gasteiger partial charge in [-0.05, 0) is 44.2 Å². The topological polar surface area (TPSA) is 17.8 Å². The molecule has 1 aliphatic carbocycles. The van der Waals surface area contributed by atoms with E-state index in [4.69, 9.17) is 16.6 Å². The monoisotopic (exact) mass is 304 g/mol. The van der Waals surface area contributed by atoms with Crippen LogP contribution in [0.3, 0.4) is 0 Å². The highest BCUT2D eigenvalue weighted by atomic mass is 35.5. The second-order valence-electron chi connectivity index (χ2n) is 6.58. The van der Waals surface area contributed by atoms with E-state index >= 15 is 0 Å². The normalized spacial score (nSPS) is 25.0. The SMILES string of the molecule is Cc1cccc2nc(C(C)Cl)n(C3CCCCCC3C)c12. The van der Waals surface area contributed by atoms with E-state index in [1.54, 1.807) is 0 Å². The van der Waals surface area contributed by atoms with Crippen molar-refractivity contribution in [2.45, 2.75) is 64.3 Å². The van der Waals surface area contributed by atoms with Crippen molar-refractivity contribution in [2.24, 2.45) is 5.92 Å². The average molecular weight is 305 g/mol. The Morgan fingerprint density at radius 2 is 2.00 bits per heavy atom. The number of hydrogen-bond acceptors (Lipinski definition) is 1. The van der Waals surface area contributed by atoms with Gasteiger partial charge in [0.2, 0.25) is 0 Å². The third kappa shape index (κ3) is 2.70. The first-order valence-electron chi connectivity index (χ1n) is 8.21. The molecule has 0 saturated heterocycles. The van der Waals surface area contributed by atoms with Gasteiger partial charge in [0.15, 0.2) is 0 Å². The van der Waals surface area contributed by atoms with E-state index in [0.717, 1.165) is 11.3 Å². The Morgan fingerprint density at radius 3 is 2.76 bits per heavy atom. The zero-order valence-corrected chi connectivity index (χ0v) is 14.0. The van der Waals surface area contributed by atoms with Crippen molar-refractivity contribution in [1.82, 2.24) is 9.55 Å². The van der Waals surface area contributed by atoms with Crippen LogP contribution < -0.4 is 0 Å². The molecule has 1 heterocycles. The summed E-state index contributed by atoms with van der Waals surface area (Å²) in [5.74, 6) is 1.73. The molecule has 0 aliphatic heterocycles. The number of aryl methyl sites for hydroxylation is 1. The van der Waals surface area contributed by atoms with Crippen LogP contribution in [0.1, 0.15) is 68.8 Å². The minimum atomic E-state index is -0.0488. The van der Waals surface area contributed by atoms with Gasteiger partial charge < -0.3 is 4.57 Å². The van der Waals surface area contributed by atoms with Crippen LogP contribution in [-0.2, 0) is 0 Å². The number of imidazole rings is 1. The molecule has 1 aromatic carbocycles. The third-order valence-corrected chi connectivity index (χ3v) is 5.14. The lowest BCUT2D eigenvalue weighted by Gasteiger charge is -2.27. The van der Waals surface area contributed by atoms with Crippen LogP contribution in [0.25, 0.3) is 11.0 Å². The van der Waals surface area contributed by atoms with E-state index in [0.29, 0.717) is 12.0 Å². The molecule has 0 spiro atoms. The zero-order chi connectivity index (χ0) is 15.0. The molecule has 1 aliphatic rings. The number of nitrogens with zero attached hydrogens (tertiary/aromatic N) is 2. The maximum absolute atomic E-state index is 6.46.